The highest BCUT2D eigenvalue weighted by atomic mass is 31.2. The van der Waals surface area contributed by atoms with Crippen LogP contribution in [0.15, 0.2) is 55.3 Å². The SMILES string of the molecule is C=C1O[C@@H](n2cnc3c(NC(=O)c4ccccc4)ncnc32)[C@H](OC)[C@@H]1OP(=[17O])(OCC)OCC. The molecule has 3 heterocycles. The number of benzene rings is 1. The average molecular weight is 504 g/mol. The second-order valence-electron chi connectivity index (χ2n) is 7.35. The van der Waals surface area contributed by atoms with E-state index in [-0.39, 0.29) is 30.7 Å². The standard InChI is InChI=1S/C22H26N5O7P/c1-5-31-35(29,32-6-2)34-17-14(3)33-22(18(17)30-4)27-13-25-16-19(23-12-24-20(16)27)26-21(28)15-10-8-7-9-11-15/h7-13,17-18,22H,3,5-6H2,1-2,4H3,(H,23,24,26,28)/t17-,18-,22-/m1/s1/i29+1. The highest BCUT2D eigenvalue weighted by Gasteiger charge is 2.48. The molecule has 1 aliphatic rings. The number of phosphoric acid groups is 1. The Hall–Kier alpha value is -3.15. The number of rotatable bonds is 10. The van der Waals surface area contributed by atoms with E-state index in [4.69, 9.17) is 23.0 Å². The van der Waals surface area contributed by atoms with E-state index in [9.17, 15) is 9.36 Å². The predicted molar refractivity (Wildman–Crippen MR) is 126 cm³/mol. The molecule has 1 amide bonds. The van der Waals surface area contributed by atoms with E-state index >= 15 is 0 Å². The summed E-state index contributed by atoms with van der Waals surface area (Å²) >= 11 is 0. The third kappa shape index (κ3) is 5.12. The lowest BCUT2D eigenvalue weighted by atomic mass is 10.2. The molecule has 3 aromatic rings. The Bertz CT molecular complexity index is 1240. The van der Waals surface area contributed by atoms with Crippen molar-refractivity contribution in [2.24, 2.45) is 0 Å². The van der Waals surface area contributed by atoms with E-state index < -0.39 is 26.3 Å². The van der Waals surface area contributed by atoms with Gasteiger partial charge in [-0.3, -0.25) is 22.9 Å². The predicted octanol–water partition coefficient (Wildman–Crippen LogP) is 3.70. The quantitative estimate of drug-likeness (QED) is 0.407. The van der Waals surface area contributed by atoms with Crippen LogP contribution >= 0.6 is 7.82 Å². The molecule has 13 heteroatoms. The Balaban J connectivity index is 1.62. The average Bonchev–Trinajstić information content (AvgIpc) is 3.41. The number of fused-ring (bicyclic) bond motifs is 1. The molecule has 4 rings (SSSR count). The molecular formula is C22H26N5O7P. The lowest BCUT2D eigenvalue weighted by Gasteiger charge is -2.24. The van der Waals surface area contributed by atoms with E-state index in [1.807, 2.05) is 6.07 Å². The number of anilines is 1. The Morgan fingerprint density at radius 3 is 2.57 bits per heavy atom. The number of carbonyl (C=O) groups is 1. The maximum Gasteiger partial charge on any atom is 0.475 e. The van der Waals surface area contributed by atoms with Crippen LogP contribution in [0.25, 0.3) is 11.2 Å². The van der Waals surface area contributed by atoms with E-state index in [1.54, 1.807) is 42.7 Å². The maximum atomic E-state index is 12.9. The van der Waals surface area contributed by atoms with Crippen molar-refractivity contribution in [3.63, 3.8) is 0 Å². The Morgan fingerprint density at radius 1 is 1.20 bits per heavy atom. The monoisotopic (exact) mass is 504 g/mol. The normalized spacial score (nSPS) is 20.2. The Labute approximate surface area is 201 Å². The highest BCUT2D eigenvalue weighted by Crippen LogP contribution is 2.53. The van der Waals surface area contributed by atoms with Crippen molar-refractivity contribution in [1.29, 1.82) is 0 Å². The number of carbonyl (C=O) groups excluding carboxylic acids is 1. The second-order valence-corrected chi connectivity index (χ2v) is 8.97. The fraction of sp³-hybridized carbons (Fsp3) is 0.364. The topological polar surface area (TPSA) is 136 Å². The molecule has 0 saturated carbocycles. The molecule has 0 spiro atoms. The summed E-state index contributed by atoms with van der Waals surface area (Å²) in [5.41, 5.74) is 1.20. The van der Waals surface area contributed by atoms with Crippen LogP contribution in [0.4, 0.5) is 5.82 Å². The largest absolute Gasteiger partial charge is 0.475 e. The van der Waals surface area contributed by atoms with Crippen molar-refractivity contribution >= 4 is 30.7 Å². The highest BCUT2D eigenvalue weighted by molar-refractivity contribution is 7.48. The number of hydrogen-bond donors (Lipinski definition) is 1. The van der Waals surface area contributed by atoms with Crippen molar-refractivity contribution in [3.05, 3.63) is 60.9 Å². The van der Waals surface area contributed by atoms with Gasteiger partial charge in [-0.05, 0) is 26.0 Å². The van der Waals surface area contributed by atoms with Crippen LogP contribution in [0.5, 0.6) is 0 Å². The van der Waals surface area contributed by atoms with Crippen LogP contribution in [0.2, 0.25) is 0 Å². The van der Waals surface area contributed by atoms with Crippen LogP contribution in [-0.2, 0) is 27.6 Å². The van der Waals surface area contributed by atoms with Gasteiger partial charge < -0.3 is 14.8 Å². The minimum absolute atomic E-state index is 0.124. The Morgan fingerprint density at radius 2 is 1.91 bits per heavy atom. The molecule has 186 valence electrons. The minimum atomic E-state index is -3.88. The third-order valence-electron chi connectivity index (χ3n) is 5.16. The molecule has 12 nitrogen and oxygen atoms in total. The van der Waals surface area contributed by atoms with E-state index in [0.717, 1.165) is 0 Å². The lowest BCUT2D eigenvalue weighted by Crippen LogP contribution is -2.32. The number of hydrogen-bond acceptors (Lipinski definition) is 10. The fourth-order valence-electron chi connectivity index (χ4n) is 3.65. The van der Waals surface area contributed by atoms with Crippen LogP contribution in [0.1, 0.15) is 30.4 Å². The zero-order valence-corrected chi connectivity index (χ0v) is 20.4. The number of ether oxygens (including phenoxy) is 2. The molecule has 0 aliphatic carbocycles. The number of nitrogens with one attached hydrogen (secondary N) is 1. The molecule has 0 radical (unpaired) electrons. The third-order valence-corrected chi connectivity index (χ3v) is 6.79. The lowest BCUT2D eigenvalue weighted by molar-refractivity contribution is -0.0414. The first-order valence-electron chi connectivity index (χ1n) is 10.9. The minimum Gasteiger partial charge on any atom is -0.469 e. The van der Waals surface area contributed by atoms with Gasteiger partial charge in [0.1, 0.15) is 24.5 Å². The molecule has 35 heavy (non-hydrogen) atoms. The summed E-state index contributed by atoms with van der Waals surface area (Å²) in [7, 11) is -2.42. The smallest absolute Gasteiger partial charge is 0.469 e. The molecule has 1 fully saturated rings. The van der Waals surface area contributed by atoms with Gasteiger partial charge in [-0.2, -0.15) is 0 Å². The molecule has 2 aromatic heterocycles. The van der Waals surface area contributed by atoms with Gasteiger partial charge in [-0.1, -0.05) is 24.8 Å². The first-order chi connectivity index (χ1) is 16.9. The summed E-state index contributed by atoms with van der Waals surface area (Å²) in [6, 6.07) is 8.74. The van der Waals surface area contributed by atoms with Crippen LogP contribution in [0.3, 0.4) is 0 Å². The zero-order valence-electron chi connectivity index (χ0n) is 19.5. The summed E-state index contributed by atoms with van der Waals surface area (Å²) in [6.07, 6.45) is 0.233. The van der Waals surface area contributed by atoms with Crippen molar-refractivity contribution in [2.45, 2.75) is 32.3 Å². The molecule has 1 aromatic carbocycles. The summed E-state index contributed by atoms with van der Waals surface area (Å²) < 4.78 is 42.3. The molecular weight excluding hydrogens is 478 g/mol. The first-order valence-corrected chi connectivity index (χ1v) is 12.4. The van der Waals surface area contributed by atoms with Gasteiger partial charge in [-0.15, -0.1) is 0 Å². The summed E-state index contributed by atoms with van der Waals surface area (Å²) in [5.74, 6) is 0.0739. The number of phosphoric ester groups is 1. The molecule has 1 N–H and O–H groups in total. The van der Waals surface area contributed by atoms with E-state index in [0.29, 0.717) is 16.7 Å². The maximum absolute atomic E-state index is 12.9. The summed E-state index contributed by atoms with van der Waals surface area (Å²) in [4.78, 5) is 25.5. The number of imidazole rings is 1. The summed E-state index contributed by atoms with van der Waals surface area (Å²) in [5, 5.41) is 2.76. The van der Waals surface area contributed by atoms with Crippen molar-refractivity contribution in [3.8, 4) is 0 Å². The van der Waals surface area contributed by atoms with Gasteiger partial charge in [0.25, 0.3) is 5.91 Å². The number of methoxy groups -OCH3 is 1. The van der Waals surface area contributed by atoms with Gasteiger partial charge >= 0.3 is 7.82 Å². The van der Waals surface area contributed by atoms with Crippen LogP contribution in [-0.4, -0.2) is 58.0 Å². The number of amides is 1. The van der Waals surface area contributed by atoms with Gasteiger partial charge in [0.05, 0.1) is 13.2 Å². The molecule has 0 bridgehead atoms. The zero-order chi connectivity index (χ0) is 25.0. The second kappa shape index (κ2) is 10.6. The van der Waals surface area contributed by atoms with Crippen molar-refractivity contribution < 1.29 is 32.4 Å². The number of aromatic nitrogens is 4. The molecule has 1 saturated heterocycles. The molecule has 1 aliphatic heterocycles. The van der Waals surface area contributed by atoms with E-state index in [2.05, 4.69) is 26.8 Å². The van der Waals surface area contributed by atoms with Gasteiger partial charge in [0.2, 0.25) is 6.23 Å². The fourth-order valence-corrected chi connectivity index (χ4v) is 4.99. The van der Waals surface area contributed by atoms with E-state index in [1.165, 1.54) is 19.8 Å². The van der Waals surface area contributed by atoms with Crippen molar-refractivity contribution in [2.75, 3.05) is 25.6 Å². The number of nitrogens with zero attached hydrogens (tertiary/aromatic N) is 4. The first kappa shape index (κ1) is 25.0. The van der Waals surface area contributed by atoms with Gasteiger partial charge in [0, 0.05) is 12.7 Å². The van der Waals surface area contributed by atoms with Crippen LogP contribution < -0.4 is 5.32 Å². The molecule has 0 unspecified atom stereocenters. The van der Waals surface area contributed by atoms with Gasteiger partial charge in [0.15, 0.2) is 23.1 Å². The molecule has 3 atom stereocenters. The Kier molecular flexibility index (Phi) is 7.58. The summed E-state index contributed by atoms with van der Waals surface area (Å²) in [6.45, 7) is 7.49. The van der Waals surface area contributed by atoms with Gasteiger partial charge in [-0.25, -0.2) is 19.5 Å². The van der Waals surface area contributed by atoms with Crippen molar-refractivity contribution in [1.82, 2.24) is 19.5 Å². The van der Waals surface area contributed by atoms with Crippen LogP contribution in [0, 0.1) is 0 Å².